The number of hydrogen-bond donors (Lipinski definition) is 4. The predicted molar refractivity (Wildman–Crippen MR) is 143 cm³/mol. The first kappa shape index (κ1) is 26.2. The highest BCUT2D eigenvalue weighted by Gasteiger charge is 2.16. The number of carbonyl (C=O) groups is 1. The maximum absolute atomic E-state index is 12.1. The number of rotatable bonds is 11. The van der Waals surface area contributed by atoms with Gasteiger partial charge in [0.1, 0.15) is 18.1 Å². The largest absolute Gasteiger partial charge is 0.494 e. The molecule has 0 radical (unpaired) electrons. The van der Waals surface area contributed by atoms with Crippen molar-refractivity contribution in [3.63, 3.8) is 0 Å². The number of likely N-dealkylation sites (N-methyl/N-ethyl adjacent to an activating group) is 1. The molecule has 2 aromatic rings. The zero-order valence-electron chi connectivity index (χ0n) is 20.9. The standard InChI is InChI=1S/C26H31N7O3/c1-6-24(34)30-21-15-20(22(35-5)16-23(21)36-14-13-33(3)4)32-26-29-12-11-19(31-26)25(28-2)17-9-7-8-10-18(17)27/h6-12,15-16,27-28H,1,13-14H2,2-5H3,(H,30,34)(H,29,31,32)/b25-17-,27-18?. The molecule has 1 aliphatic rings. The Labute approximate surface area is 210 Å². The topological polar surface area (TPSA) is 124 Å². The van der Waals surface area contributed by atoms with Crippen LogP contribution in [0.3, 0.4) is 0 Å². The smallest absolute Gasteiger partial charge is 0.247 e. The average Bonchev–Trinajstić information content (AvgIpc) is 2.86. The van der Waals surface area contributed by atoms with Gasteiger partial charge >= 0.3 is 0 Å². The molecule has 0 saturated heterocycles. The quantitative estimate of drug-likeness (QED) is 0.354. The maximum Gasteiger partial charge on any atom is 0.247 e. The Balaban J connectivity index is 1.96. The third kappa shape index (κ3) is 6.57. The molecule has 0 spiro atoms. The van der Waals surface area contributed by atoms with Gasteiger partial charge in [-0.25, -0.2) is 9.97 Å². The number of hydrogen-bond acceptors (Lipinski definition) is 9. The Kier molecular flexibility index (Phi) is 8.95. The van der Waals surface area contributed by atoms with Gasteiger partial charge in [0, 0.05) is 31.4 Å². The minimum atomic E-state index is -0.371. The van der Waals surface area contributed by atoms with Gasteiger partial charge in [-0.2, -0.15) is 0 Å². The van der Waals surface area contributed by atoms with Crippen LogP contribution >= 0.6 is 0 Å². The Morgan fingerprint density at radius 3 is 2.64 bits per heavy atom. The zero-order chi connectivity index (χ0) is 26.1. The third-order valence-corrected chi connectivity index (χ3v) is 5.15. The molecule has 4 N–H and O–H groups in total. The molecule has 0 fully saturated rings. The van der Waals surface area contributed by atoms with E-state index in [9.17, 15) is 4.79 Å². The molecule has 188 valence electrons. The molecule has 10 nitrogen and oxygen atoms in total. The maximum atomic E-state index is 12.1. The fourth-order valence-electron chi connectivity index (χ4n) is 3.35. The highest BCUT2D eigenvalue weighted by molar-refractivity contribution is 6.14. The molecule has 1 aromatic carbocycles. The lowest BCUT2D eigenvalue weighted by Gasteiger charge is -2.18. The number of carbonyl (C=O) groups excluding carboxylic acids is 1. The first-order valence-electron chi connectivity index (χ1n) is 11.2. The summed E-state index contributed by atoms with van der Waals surface area (Å²) in [6.07, 6.45) is 10.1. The number of nitrogens with one attached hydrogen (secondary N) is 4. The van der Waals surface area contributed by atoms with E-state index in [0.29, 0.717) is 59.1 Å². The second-order valence-corrected chi connectivity index (χ2v) is 7.95. The van der Waals surface area contributed by atoms with Gasteiger partial charge in [0.2, 0.25) is 11.9 Å². The fraction of sp³-hybridized carbons (Fsp3) is 0.231. The van der Waals surface area contributed by atoms with E-state index in [2.05, 4.69) is 32.5 Å². The van der Waals surface area contributed by atoms with Crippen LogP contribution in [0.25, 0.3) is 5.70 Å². The molecule has 36 heavy (non-hydrogen) atoms. The molecule has 0 unspecified atom stereocenters. The number of benzene rings is 1. The van der Waals surface area contributed by atoms with Crippen LogP contribution in [0.5, 0.6) is 11.5 Å². The fourth-order valence-corrected chi connectivity index (χ4v) is 3.35. The van der Waals surface area contributed by atoms with Crippen molar-refractivity contribution in [2.45, 2.75) is 0 Å². The lowest BCUT2D eigenvalue weighted by molar-refractivity contribution is -0.111. The highest BCUT2D eigenvalue weighted by Crippen LogP contribution is 2.38. The van der Waals surface area contributed by atoms with E-state index < -0.39 is 0 Å². The van der Waals surface area contributed by atoms with E-state index in [4.69, 9.17) is 14.9 Å². The van der Waals surface area contributed by atoms with Crippen LogP contribution in [0.2, 0.25) is 0 Å². The van der Waals surface area contributed by atoms with E-state index in [1.165, 1.54) is 6.08 Å². The first-order valence-corrected chi connectivity index (χ1v) is 11.2. The number of nitrogens with zero attached hydrogens (tertiary/aromatic N) is 3. The van der Waals surface area contributed by atoms with Gasteiger partial charge in [-0.15, -0.1) is 0 Å². The summed E-state index contributed by atoms with van der Waals surface area (Å²) in [7, 11) is 7.22. The summed E-state index contributed by atoms with van der Waals surface area (Å²) in [4.78, 5) is 23.0. The van der Waals surface area contributed by atoms with E-state index in [1.54, 1.807) is 44.6 Å². The molecule has 3 rings (SSSR count). The normalized spacial score (nSPS) is 13.9. The Hall–Kier alpha value is -4.44. The molecule has 0 saturated carbocycles. The lowest BCUT2D eigenvalue weighted by Crippen LogP contribution is -2.20. The van der Waals surface area contributed by atoms with Crippen molar-refractivity contribution in [1.29, 1.82) is 5.41 Å². The predicted octanol–water partition coefficient (Wildman–Crippen LogP) is 3.37. The average molecular weight is 490 g/mol. The van der Waals surface area contributed by atoms with Crippen LogP contribution in [-0.2, 0) is 4.79 Å². The molecular formula is C26H31N7O3. The van der Waals surface area contributed by atoms with Gasteiger partial charge in [-0.3, -0.25) is 4.79 Å². The van der Waals surface area contributed by atoms with Crippen molar-refractivity contribution in [3.8, 4) is 11.5 Å². The number of aromatic nitrogens is 2. The SMILES string of the molecule is C=CC(=O)Nc1cc(Nc2nccc(/C(NC)=C3\C=CC=CC3=N)n2)c(OC)cc1OCCN(C)C. The number of methoxy groups -OCH3 is 1. The van der Waals surface area contributed by atoms with Crippen LogP contribution in [0.4, 0.5) is 17.3 Å². The van der Waals surface area contributed by atoms with Crippen LogP contribution in [0, 0.1) is 5.41 Å². The van der Waals surface area contributed by atoms with Crippen molar-refractivity contribution < 1.29 is 14.3 Å². The first-order chi connectivity index (χ1) is 17.4. The number of ether oxygens (including phenoxy) is 2. The van der Waals surface area contributed by atoms with Crippen molar-refractivity contribution in [2.24, 2.45) is 0 Å². The molecule has 0 aliphatic heterocycles. The van der Waals surface area contributed by atoms with E-state index in [-0.39, 0.29) is 5.91 Å². The van der Waals surface area contributed by atoms with Gasteiger partial charge in [-0.05, 0) is 38.4 Å². The van der Waals surface area contributed by atoms with Crippen molar-refractivity contribution in [1.82, 2.24) is 20.2 Å². The second-order valence-electron chi connectivity index (χ2n) is 7.95. The third-order valence-electron chi connectivity index (χ3n) is 5.15. The summed E-state index contributed by atoms with van der Waals surface area (Å²) in [5.74, 6) is 0.879. The van der Waals surface area contributed by atoms with Crippen LogP contribution in [0.1, 0.15) is 5.69 Å². The van der Waals surface area contributed by atoms with Crippen molar-refractivity contribution in [3.05, 3.63) is 72.6 Å². The summed E-state index contributed by atoms with van der Waals surface area (Å²) in [6.45, 7) is 4.64. The molecule has 1 aromatic heterocycles. The van der Waals surface area contributed by atoms with Crippen molar-refractivity contribution >= 4 is 34.6 Å². The minimum absolute atomic E-state index is 0.309. The van der Waals surface area contributed by atoms with E-state index in [1.807, 2.05) is 37.2 Å². The number of amides is 1. The summed E-state index contributed by atoms with van der Waals surface area (Å²) < 4.78 is 11.5. The summed E-state index contributed by atoms with van der Waals surface area (Å²) >= 11 is 0. The number of allylic oxidation sites excluding steroid dienone is 5. The molecule has 10 heteroatoms. The van der Waals surface area contributed by atoms with Gasteiger partial charge in [-0.1, -0.05) is 24.8 Å². The zero-order valence-corrected chi connectivity index (χ0v) is 20.9. The molecule has 1 heterocycles. The molecule has 0 bridgehead atoms. The van der Waals surface area contributed by atoms with Crippen molar-refractivity contribution in [2.75, 3.05) is 52.0 Å². The van der Waals surface area contributed by atoms with Crippen LogP contribution in [-0.4, -0.2) is 67.9 Å². The number of anilines is 3. The highest BCUT2D eigenvalue weighted by atomic mass is 16.5. The van der Waals surface area contributed by atoms with Crippen LogP contribution in [0.15, 0.2) is 66.9 Å². The summed E-state index contributed by atoms with van der Waals surface area (Å²) in [5.41, 5.74) is 3.38. The monoisotopic (exact) mass is 489 g/mol. The Bertz CT molecular complexity index is 1230. The molecule has 1 aliphatic carbocycles. The molecular weight excluding hydrogens is 458 g/mol. The minimum Gasteiger partial charge on any atom is -0.494 e. The second kappa shape index (κ2) is 12.3. The van der Waals surface area contributed by atoms with Crippen LogP contribution < -0.4 is 25.4 Å². The summed E-state index contributed by atoms with van der Waals surface area (Å²) in [5, 5.41) is 17.3. The Morgan fingerprint density at radius 1 is 1.19 bits per heavy atom. The van der Waals surface area contributed by atoms with Gasteiger partial charge < -0.3 is 35.7 Å². The Morgan fingerprint density at radius 2 is 1.97 bits per heavy atom. The summed E-state index contributed by atoms with van der Waals surface area (Å²) in [6, 6.07) is 5.16. The molecule has 0 atom stereocenters. The van der Waals surface area contributed by atoms with Gasteiger partial charge in [0.05, 0.1) is 35.6 Å². The lowest BCUT2D eigenvalue weighted by atomic mass is 10.0. The van der Waals surface area contributed by atoms with E-state index >= 15 is 0 Å². The molecule has 1 amide bonds. The van der Waals surface area contributed by atoms with Gasteiger partial charge in [0.15, 0.2) is 0 Å². The van der Waals surface area contributed by atoms with E-state index in [0.717, 1.165) is 5.57 Å². The van der Waals surface area contributed by atoms with Gasteiger partial charge in [0.25, 0.3) is 0 Å².